The van der Waals surface area contributed by atoms with Crippen molar-refractivity contribution in [3.05, 3.63) is 0 Å². The first-order chi connectivity index (χ1) is 5.80. The van der Waals surface area contributed by atoms with E-state index in [9.17, 15) is 0 Å². The van der Waals surface area contributed by atoms with Crippen molar-refractivity contribution in [2.75, 3.05) is 20.2 Å². The average Bonchev–Trinajstić information content (AvgIpc) is 2.64. The molecule has 1 aliphatic rings. The van der Waals surface area contributed by atoms with E-state index in [0.717, 1.165) is 13.2 Å². The first kappa shape index (κ1) is 14.4. The summed E-state index contributed by atoms with van der Waals surface area (Å²) in [5, 5.41) is 7.00. The van der Waals surface area contributed by atoms with Gasteiger partial charge in [0.05, 0.1) is 0 Å². The molecule has 0 unspecified atom stereocenters. The molecule has 0 aromatic heterocycles. The van der Waals surface area contributed by atoms with Crippen LogP contribution in [0.4, 0.5) is 0 Å². The van der Waals surface area contributed by atoms with Gasteiger partial charge in [0.25, 0.3) is 0 Å². The van der Waals surface area contributed by atoms with Crippen molar-refractivity contribution >= 4 is 0 Å². The van der Waals surface area contributed by atoms with Crippen LogP contribution in [0.2, 0.25) is 0 Å². The van der Waals surface area contributed by atoms with E-state index in [0.29, 0.717) is 0 Å². The van der Waals surface area contributed by atoms with Gasteiger partial charge < -0.3 is 10.0 Å². The van der Waals surface area contributed by atoms with E-state index in [1.54, 1.807) is 0 Å². The molecule has 12 heavy (non-hydrogen) atoms. The predicted molar refractivity (Wildman–Crippen MR) is 55.4 cm³/mol. The lowest BCUT2D eigenvalue weighted by Gasteiger charge is -2.18. The Morgan fingerprint density at radius 1 is 1.00 bits per heavy atom. The molecule has 2 heteroatoms. The average molecular weight is 175 g/mol. The van der Waals surface area contributed by atoms with Gasteiger partial charge in [-0.1, -0.05) is 13.8 Å². The number of nitrogens with zero attached hydrogens (tertiary/aromatic N) is 1. The summed E-state index contributed by atoms with van der Waals surface area (Å²) in [5.41, 5.74) is 0. The van der Waals surface area contributed by atoms with E-state index in [4.69, 9.17) is 5.11 Å². The van der Waals surface area contributed by atoms with Gasteiger partial charge in [0, 0.05) is 13.2 Å². The van der Waals surface area contributed by atoms with Crippen molar-refractivity contribution in [3.63, 3.8) is 0 Å². The molecule has 76 valence electrons. The topological polar surface area (TPSA) is 23.5 Å². The largest absolute Gasteiger partial charge is 0.400 e. The van der Waals surface area contributed by atoms with Crippen molar-refractivity contribution in [1.29, 1.82) is 0 Å². The van der Waals surface area contributed by atoms with Crippen LogP contribution >= 0.6 is 0 Å². The van der Waals surface area contributed by atoms with Crippen LogP contribution in [0, 0.1) is 0 Å². The minimum atomic E-state index is 0.775. The van der Waals surface area contributed by atoms with Crippen LogP contribution in [0.1, 0.15) is 40.5 Å². The quantitative estimate of drug-likeness (QED) is 0.660. The SMILES string of the molecule is CC.CC(C)N1CCCC1.CO. The van der Waals surface area contributed by atoms with Crippen LogP contribution in [0.25, 0.3) is 0 Å². The van der Waals surface area contributed by atoms with Crippen LogP contribution in [0.3, 0.4) is 0 Å². The number of hydrogen-bond donors (Lipinski definition) is 1. The second kappa shape index (κ2) is 10.9. The second-order valence-electron chi connectivity index (χ2n) is 2.84. The van der Waals surface area contributed by atoms with Crippen LogP contribution in [0.15, 0.2) is 0 Å². The fourth-order valence-corrected chi connectivity index (χ4v) is 1.26. The van der Waals surface area contributed by atoms with E-state index in [1.165, 1.54) is 25.9 Å². The highest BCUT2D eigenvalue weighted by Crippen LogP contribution is 2.09. The Kier molecular flexibility index (Phi) is 13.1. The molecule has 0 spiro atoms. The second-order valence-corrected chi connectivity index (χ2v) is 2.84. The maximum atomic E-state index is 7.00. The molecule has 0 aromatic rings. The van der Waals surface area contributed by atoms with Crippen LogP contribution in [-0.2, 0) is 0 Å². The van der Waals surface area contributed by atoms with Crippen molar-refractivity contribution in [2.24, 2.45) is 0 Å². The maximum absolute atomic E-state index is 7.00. The molecule has 0 aliphatic carbocycles. The van der Waals surface area contributed by atoms with Gasteiger partial charge in [0.15, 0.2) is 0 Å². The lowest BCUT2D eigenvalue weighted by Crippen LogP contribution is -2.26. The van der Waals surface area contributed by atoms with Gasteiger partial charge in [-0.15, -0.1) is 0 Å². The smallest absolute Gasteiger partial charge is 0.0319 e. The Balaban J connectivity index is 0. The van der Waals surface area contributed by atoms with Crippen molar-refractivity contribution in [1.82, 2.24) is 4.90 Å². The number of aliphatic hydroxyl groups is 1. The zero-order chi connectivity index (χ0) is 9.98. The maximum Gasteiger partial charge on any atom is 0.0319 e. The molecule has 1 saturated heterocycles. The summed E-state index contributed by atoms with van der Waals surface area (Å²) < 4.78 is 0. The van der Waals surface area contributed by atoms with Gasteiger partial charge in [-0.25, -0.2) is 0 Å². The minimum absolute atomic E-state index is 0.775. The number of likely N-dealkylation sites (tertiary alicyclic amines) is 1. The summed E-state index contributed by atoms with van der Waals surface area (Å²) in [6.07, 6.45) is 2.83. The highest BCUT2D eigenvalue weighted by molar-refractivity contribution is 4.68. The van der Waals surface area contributed by atoms with Crippen LogP contribution < -0.4 is 0 Å². The lowest BCUT2D eigenvalue weighted by molar-refractivity contribution is 0.276. The molecule has 0 bridgehead atoms. The summed E-state index contributed by atoms with van der Waals surface area (Å²) >= 11 is 0. The highest BCUT2D eigenvalue weighted by Gasteiger charge is 2.13. The third-order valence-electron chi connectivity index (χ3n) is 1.87. The molecule has 1 rings (SSSR count). The Labute approximate surface area is 77.6 Å². The summed E-state index contributed by atoms with van der Waals surface area (Å²) in [6, 6.07) is 0.775. The molecule has 1 N–H and O–H groups in total. The highest BCUT2D eigenvalue weighted by atomic mass is 16.2. The van der Waals surface area contributed by atoms with Crippen LogP contribution in [0.5, 0.6) is 0 Å². The predicted octanol–water partition coefficient (Wildman–Crippen LogP) is 2.13. The van der Waals surface area contributed by atoms with Gasteiger partial charge >= 0.3 is 0 Å². The van der Waals surface area contributed by atoms with E-state index >= 15 is 0 Å². The summed E-state index contributed by atoms with van der Waals surface area (Å²) in [6.45, 7) is 11.2. The molecule has 2 nitrogen and oxygen atoms in total. The normalized spacial score (nSPS) is 16.2. The summed E-state index contributed by atoms with van der Waals surface area (Å²) in [4.78, 5) is 2.53. The number of aliphatic hydroxyl groups excluding tert-OH is 1. The van der Waals surface area contributed by atoms with Gasteiger partial charge in [-0.05, 0) is 39.8 Å². The van der Waals surface area contributed by atoms with Crippen molar-refractivity contribution < 1.29 is 5.11 Å². The first-order valence-electron chi connectivity index (χ1n) is 4.99. The fourth-order valence-electron chi connectivity index (χ4n) is 1.26. The summed E-state index contributed by atoms with van der Waals surface area (Å²) in [7, 11) is 1.00. The number of rotatable bonds is 1. The fraction of sp³-hybridized carbons (Fsp3) is 1.00. The van der Waals surface area contributed by atoms with E-state index in [2.05, 4.69) is 18.7 Å². The third kappa shape index (κ3) is 6.62. The monoisotopic (exact) mass is 175 g/mol. The Morgan fingerprint density at radius 2 is 1.33 bits per heavy atom. The van der Waals surface area contributed by atoms with Gasteiger partial charge in [-0.3, -0.25) is 0 Å². The van der Waals surface area contributed by atoms with Crippen molar-refractivity contribution in [2.45, 2.75) is 46.6 Å². The third-order valence-corrected chi connectivity index (χ3v) is 1.87. The Morgan fingerprint density at radius 3 is 1.50 bits per heavy atom. The van der Waals surface area contributed by atoms with E-state index < -0.39 is 0 Å². The lowest BCUT2D eigenvalue weighted by atomic mass is 10.3. The molecule has 0 amide bonds. The molecule has 0 saturated carbocycles. The van der Waals surface area contributed by atoms with Gasteiger partial charge in [0.1, 0.15) is 0 Å². The molecule has 0 radical (unpaired) electrons. The first-order valence-corrected chi connectivity index (χ1v) is 4.99. The van der Waals surface area contributed by atoms with Crippen LogP contribution in [-0.4, -0.2) is 36.2 Å². The molecule has 1 fully saturated rings. The molecular formula is C10H25NO. The van der Waals surface area contributed by atoms with E-state index in [1.807, 2.05) is 13.8 Å². The van der Waals surface area contributed by atoms with E-state index in [-0.39, 0.29) is 0 Å². The number of hydrogen-bond acceptors (Lipinski definition) is 2. The minimum Gasteiger partial charge on any atom is -0.400 e. The molecular weight excluding hydrogens is 150 g/mol. The summed E-state index contributed by atoms with van der Waals surface area (Å²) in [5.74, 6) is 0. The zero-order valence-electron chi connectivity index (χ0n) is 9.30. The Bertz CT molecular complexity index is 68.2. The van der Waals surface area contributed by atoms with Gasteiger partial charge in [-0.2, -0.15) is 0 Å². The zero-order valence-corrected chi connectivity index (χ0v) is 9.30. The molecule has 0 aromatic carbocycles. The molecule has 1 heterocycles. The Hall–Kier alpha value is -0.0800. The van der Waals surface area contributed by atoms with Crippen molar-refractivity contribution in [3.8, 4) is 0 Å². The molecule has 0 atom stereocenters. The van der Waals surface area contributed by atoms with Gasteiger partial charge in [0.2, 0.25) is 0 Å². The molecule has 1 aliphatic heterocycles. The standard InChI is InChI=1S/C7H15N.C2H6.CH4O/c1-7(2)8-5-3-4-6-8;2*1-2/h7H,3-6H2,1-2H3;1-2H3;2H,1H3.